The molecular formula is C16H29NO4. The average molecular weight is 299 g/mol. The second-order valence-corrected chi connectivity index (χ2v) is 6.49. The summed E-state index contributed by atoms with van der Waals surface area (Å²) in [6.45, 7) is 7.85. The number of hydrogen-bond acceptors (Lipinski definition) is 4. The van der Waals surface area contributed by atoms with Crippen LogP contribution >= 0.6 is 0 Å². The Balaban J connectivity index is 2.35. The molecule has 0 aliphatic heterocycles. The molecule has 21 heavy (non-hydrogen) atoms. The van der Waals surface area contributed by atoms with Crippen LogP contribution in [0.5, 0.6) is 0 Å². The maximum absolute atomic E-state index is 11.8. The molecule has 1 unspecified atom stereocenters. The van der Waals surface area contributed by atoms with E-state index in [0.29, 0.717) is 12.5 Å². The summed E-state index contributed by atoms with van der Waals surface area (Å²) in [6, 6.07) is 0. The summed E-state index contributed by atoms with van der Waals surface area (Å²) in [5.41, 5.74) is 0. The molecule has 5 nitrogen and oxygen atoms in total. The zero-order valence-corrected chi connectivity index (χ0v) is 13.7. The van der Waals surface area contributed by atoms with Crippen LogP contribution in [-0.4, -0.2) is 24.9 Å². The number of amides is 1. The van der Waals surface area contributed by atoms with Gasteiger partial charge in [-0.3, -0.25) is 4.79 Å². The number of rotatable bonds is 6. The number of alkyl carbamates (subject to hydrolysis) is 1. The SMILES string of the molecule is CC(C)C(=O)OC(OC(=O)NCC1CCCCC1)C(C)C. The third-order valence-corrected chi connectivity index (χ3v) is 3.73. The number of esters is 1. The fourth-order valence-electron chi connectivity index (χ4n) is 2.31. The molecule has 0 bridgehead atoms. The van der Waals surface area contributed by atoms with Crippen LogP contribution in [0.2, 0.25) is 0 Å². The van der Waals surface area contributed by atoms with Crippen molar-refractivity contribution < 1.29 is 19.1 Å². The molecule has 1 atom stereocenters. The van der Waals surface area contributed by atoms with Gasteiger partial charge in [-0.2, -0.15) is 0 Å². The lowest BCUT2D eigenvalue weighted by Gasteiger charge is -2.24. The van der Waals surface area contributed by atoms with Gasteiger partial charge in [0.1, 0.15) is 0 Å². The molecule has 0 spiro atoms. The van der Waals surface area contributed by atoms with E-state index in [1.54, 1.807) is 13.8 Å². The van der Waals surface area contributed by atoms with Crippen LogP contribution in [0.25, 0.3) is 0 Å². The van der Waals surface area contributed by atoms with E-state index in [2.05, 4.69) is 5.32 Å². The van der Waals surface area contributed by atoms with Gasteiger partial charge in [-0.1, -0.05) is 47.0 Å². The third-order valence-electron chi connectivity index (χ3n) is 3.73. The number of nitrogens with one attached hydrogen (secondary N) is 1. The van der Waals surface area contributed by atoms with E-state index in [-0.39, 0.29) is 17.8 Å². The van der Waals surface area contributed by atoms with E-state index >= 15 is 0 Å². The van der Waals surface area contributed by atoms with Gasteiger partial charge in [-0.25, -0.2) is 4.79 Å². The Morgan fingerprint density at radius 1 is 1.05 bits per heavy atom. The van der Waals surface area contributed by atoms with Gasteiger partial charge in [-0.15, -0.1) is 0 Å². The Bertz CT molecular complexity index is 335. The molecule has 122 valence electrons. The van der Waals surface area contributed by atoms with Gasteiger partial charge < -0.3 is 14.8 Å². The molecule has 5 heteroatoms. The molecule has 1 amide bonds. The maximum Gasteiger partial charge on any atom is 0.410 e. The standard InChI is InChI=1S/C16H29NO4/c1-11(2)14(18)20-15(12(3)4)21-16(19)17-10-13-8-6-5-7-9-13/h11-13,15H,5-10H2,1-4H3,(H,17,19). The van der Waals surface area contributed by atoms with Gasteiger partial charge in [0.15, 0.2) is 0 Å². The van der Waals surface area contributed by atoms with Gasteiger partial charge in [0.2, 0.25) is 0 Å². The summed E-state index contributed by atoms with van der Waals surface area (Å²) in [5.74, 6) is -0.121. The van der Waals surface area contributed by atoms with Crippen molar-refractivity contribution in [3.8, 4) is 0 Å². The second-order valence-electron chi connectivity index (χ2n) is 6.49. The minimum Gasteiger partial charge on any atom is -0.425 e. The van der Waals surface area contributed by atoms with E-state index < -0.39 is 12.4 Å². The molecule has 0 aromatic heterocycles. The van der Waals surface area contributed by atoms with Crippen LogP contribution in [0, 0.1) is 17.8 Å². The van der Waals surface area contributed by atoms with Crippen LogP contribution < -0.4 is 5.32 Å². The average Bonchev–Trinajstić information content (AvgIpc) is 2.45. The zero-order valence-electron chi connectivity index (χ0n) is 13.7. The summed E-state index contributed by atoms with van der Waals surface area (Å²) in [5, 5.41) is 2.79. The van der Waals surface area contributed by atoms with Crippen LogP contribution in [-0.2, 0) is 14.3 Å². The highest BCUT2D eigenvalue weighted by Gasteiger charge is 2.24. The van der Waals surface area contributed by atoms with Crippen molar-refractivity contribution in [2.75, 3.05) is 6.54 Å². The van der Waals surface area contributed by atoms with Crippen molar-refractivity contribution >= 4 is 12.1 Å². The third kappa shape index (κ3) is 6.82. The van der Waals surface area contributed by atoms with Crippen LogP contribution in [0.3, 0.4) is 0 Å². The summed E-state index contributed by atoms with van der Waals surface area (Å²) < 4.78 is 10.4. The van der Waals surface area contributed by atoms with Gasteiger partial charge >= 0.3 is 12.1 Å². The zero-order chi connectivity index (χ0) is 15.8. The molecule has 0 radical (unpaired) electrons. The second kappa shape index (κ2) is 8.90. The minimum atomic E-state index is -0.828. The first-order valence-electron chi connectivity index (χ1n) is 8.05. The Kier molecular flexibility index (Phi) is 7.54. The lowest BCUT2D eigenvalue weighted by Crippen LogP contribution is -2.37. The molecule has 1 N–H and O–H groups in total. The molecule has 1 saturated carbocycles. The summed E-state index contributed by atoms with van der Waals surface area (Å²) in [6.07, 6.45) is 4.76. The number of carbonyl (C=O) groups excluding carboxylic acids is 2. The van der Waals surface area contributed by atoms with E-state index in [4.69, 9.17) is 9.47 Å². The Hall–Kier alpha value is -1.26. The Morgan fingerprint density at radius 3 is 2.19 bits per heavy atom. The molecule has 1 fully saturated rings. The quantitative estimate of drug-likeness (QED) is 0.602. The van der Waals surface area contributed by atoms with Gasteiger partial charge in [0.25, 0.3) is 6.29 Å². The lowest BCUT2D eigenvalue weighted by molar-refractivity contribution is -0.178. The van der Waals surface area contributed by atoms with E-state index in [1.807, 2.05) is 13.8 Å². The van der Waals surface area contributed by atoms with Crippen molar-refractivity contribution in [1.29, 1.82) is 0 Å². The Morgan fingerprint density at radius 2 is 1.67 bits per heavy atom. The molecule has 1 aliphatic carbocycles. The summed E-state index contributed by atoms with van der Waals surface area (Å²) >= 11 is 0. The molecule has 0 aromatic carbocycles. The predicted molar refractivity (Wildman–Crippen MR) is 80.6 cm³/mol. The van der Waals surface area contributed by atoms with Crippen molar-refractivity contribution in [1.82, 2.24) is 5.32 Å². The number of carbonyl (C=O) groups is 2. The lowest BCUT2D eigenvalue weighted by atomic mass is 9.89. The predicted octanol–water partition coefficient (Wildman–Crippen LogP) is 3.47. The molecule has 0 aromatic rings. The highest BCUT2D eigenvalue weighted by molar-refractivity contribution is 5.72. The summed E-state index contributed by atoms with van der Waals surface area (Å²) in [7, 11) is 0. The van der Waals surface area contributed by atoms with E-state index in [1.165, 1.54) is 19.3 Å². The highest BCUT2D eigenvalue weighted by atomic mass is 16.7. The van der Waals surface area contributed by atoms with Crippen LogP contribution in [0.15, 0.2) is 0 Å². The topological polar surface area (TPSA) is 64.6 Å². The highest BCUT2D eigenvalue weighted by Crippen LogP contribution is 2.22. The van der Waals surface area contributed by atoms with E-state index in [0.717, 1.165) is 12.8 Å². The Labute approximate surface area is 127 Å². The number of hydrogen-bond donors (Lipinski definition) is 1. The first-order chi connectivity index (χ1) is 9.90. The van der Waals surface area contributed by atoms with Crippen molar-refractivity contribution in [3.05, 3.63) is 0 Å². The minimum absolute atomic E-state index is 0.0758. The van der Waals surface area contributed by atoms with Crippen LogP contribution in [0.1, 0.15) is 59.8 Å². The van der Waals surface area contributed by atoms with Crippen molar-refractivity contribution in [2.24, 2.45) is 17.8 Å². The fourth-order valence-corrected chi connectivity index (χ4v) is 2.31. The van der Waals surface area contributed by atoms with Gasteiger partial charge in [0.05, 0.1) is 5.92 Å². The monoisotopic (exact) mass is 299 g/mol. The molecular weight excluding hydrogens is 270 g/mol. The maximum atomic E-state index is 11.8. The first-order valence-corrected chi connectivity index (χ1v) is 8.05. The molecule has 1 aliphatic rings. The normalized spacial score (nSPS) is 17.6. The first kappa shape index (κ1) is 17.8. The van der Waals surface area contributed by atoms with Gasteiger partial charge in [0, 0.05) is 12.5 Å². The molecule has 0 saturated heterocycles. The van der Waals surface area contributed by atoms with Crippen LogP contribution in [0.4, 0.5) is 4.79 Å². The van der Waals surface area contributed by atoms with Gasteiger partial charge in [-0.05, 0) is 18.8 Å². The largest absolute Gasteiger partial charge is 0.425 e. The van der Waals surface area contributed by atoms with Crippen molar-refractivity contribution in [2.45, 2.75) is 66.1 Å². The molecule has 1 rings (SSSR count). The summed E-state index contributed by atoms with van der Waals surface area (Å²) in [4.78, 5) is 23.4. The van der Waals surface area contributed by atoms with E-state index in [9.17, 15) is 9.59 Å². The fraction of sp³-hybridized carbons (Fsp3) is 0.875. The molecule has 0 heterocycles. The number of ether oxygens (including phenoxy) is 2. The smallest absolute Gasteiger partial charge is 0.410 e. The van der Waals surface area contributed by atoms with Crippen molar-refractivity contribution in [3.63, 3.8) is 0 Å².